The van der Waals surface area contributed by atoms with Crippen molar-refractivity contribution in [2.24, 2.45) is 17.6 Å². The van der Waals surface area contributed by atoms with E-state index in [9.17, 15) is 0 Å². The minimum Gasteiger partial charge on any atom is -0.329 e. The van der Waals surface area contributed by atoms with E-state index in [1.54, 1.807) is 0 Å². The van der Waals surface area contributed by atoms with Gasteiger partial charge in [0.1, 0.15) is 0 Å². The molecule has 0 aromatic rings. The third-order valence-corrected chi connectivity index (χ3v) is 4.96. The fourth-order valence-electron chi connectivity index (χ4n) is 3.20. The minimum atomic E-state index is 0.311. The Kier molecular flexibility index (Phi) is 3.57. The first-order valence-corrected chi connectivity index (χ1v) is 6.71. The summed E-state index contributed by atoms with van der Waals surface area (Å²) in [4.78, 5) is 5.12. The van der Waals surface area contributed by atoms with Gasteiger partial charge in [-0.1, -0.05) is 13.8 Å². The summed E-state index contributed by atoms with van der Waals surface area (Å²) in [6, 6.07) is 0. The molecule has 2 aliphatic heterocycles. The van der Waals surface area contributed by atoms with Crippen molar-refractivity contribution >= 4 is 0 Å². The molecule has 2 heterocycles. The average Bonchev–Trinajstić information content (AvgIpc) is 2.61. The van der Waals surface area contributed by atoms with Crippen molar-refractivity contribution in [1.29, 1.82) is 0 Å². The molecule has 2 aliphatic rings. The first-order valence-electron chi connectivity index (χ1n) is 6.71. The molecule has 2 N–H and O–H groups in total. The minimum absolute atomic E-state index is 0.311. The number of hydrogen-bond acceptors (Lipinski definition) is 3. The predicted molar refractivity (Wildman–Crippen MR) is 68.4 cm³/mol. The quantitative estimate of drug-likeness (QED) is 0.761. The first-order chi connectivity index (χ1) is 7.57. The molecule has 0 spiro atoms. The van der Waals surface area contributed by atoms with Crippen molar-refractivity contribution in [3.05, 3.63) is 0 Å². The van der Waals surface area contributed by atoms with Gasteiger partial charge in [0.2, 0.25) is 0 Å². The molecule has 2 rings (SSSR count). The molecule has 0 aromatic carbocycles. The molecule has 3 heteroatoms. The van der Waals surface area contributed by atoms with Crippen LogP contribution in [0, 0.1) is 11.8 Å². The Labute approximate surface area is 100.0 Å². The number of rotatable bonds is 2. The van der Waals surface area contributed by atoms with Gasteiger partial charge in [0, 0.05) is 25.2 Å². The zero-order valence-corrected chi connectivity index (χ0v) is 11.1. The summed E-state index contributed by atoms with van der Waals surface area (Å²) in [5.41, 5.74) is 6.41. The van der Waals surface area contributed by atoms with Crippen molar-refractivity contribution in [2.75, 3.05) is 39.8 Å². The molecule has 0 amide bonds. The molecular formula is C13H27N3. The Hall–Kier alpha value is -0.120. The van der Waals surface area contributed by atoms with Crippen LogP contribution in [-0.2, 0) is 0 Å². The Morgan fingerprint density at radius 3 is 2.06 bits per heavy atom. The zero-order chi connectivity index (χ0) is 11.8. The molecule has 16 heavy (non-hydrogen) atoms. The summed E-state index contributed by atoms with van der Waals surface area (Å²) >= 11 is 0. The highest BCUT2D eigenvalue weighted by atomic mass is 15.3. The van der Waals surface area contributed by atoms with E-state index in [-0.39, 0.29) is 0 Å². The summed E-state index contributed by atoms with van der Waals surface area (Å²) in [7, 11) is 2.22. The lowest BCUT2D eigenvalue weighted by molar-refractivity contribution is 0.0484. The van der Waals surface area contributed by atoms with Crippen molar-refractivity contribution in [3.8, 4) is 0 Å². The third kappa shape index (κ3) is 2.13. The summed E-state index contributed by atoms with van der Waals surface area (Å²) < 4.78 is 0. The molecule has 0 bridgehead atoms. The standard InChI is InChI=1S/C13H27N3/c1-11-8-16(9-12(11)2)13(10-14)4-6-15(3)7-5-13/h11-12H,4-10,14H2,1-3H3. The van der Waals surface area contributed by atoms with Gasteiger partial charge < -0.3 is 10.6 Å². The fraction of sp³-hybridized carbons (Fsp3) is 1.00. The van der Waals surface area contributed by atoms with Crippen LogP contribution in [0.3, 0.4) is 0 Å². The van der Waals surface area contributed by atoms with E-state index < -0.39 is 0 Å². The smallest absolute Gasteiger partial charge is 0.0356 e. The second-order valence-electron chi connectivity index (χ2n) is 6.09. The van der Waals surface area contributed by atoms with Crippen LogP contribution in [0.4, 0.5) is 0 Å². The van der Waals surface area contributed by atoms with Gasteiger partial charge in [-0.3, -0.25) is 4.90 Å². The fourth-order valence-corrected chi connectivity index (χ4v) is 3.20. The molecule has 2 atom stereocenters. The zero-order valence-electron chi connectivity index (χ0n) is 11.1. The van der Waals surface area contributed by atoms with Crippen LogP contribution in [0.5, 0.6) is 0 Å². The maximum Gasteiger partial charge on any atom is 0.0356 e. The highest BCUT2D eigenvalue weighted by molar-refractivity contribution is 4.99. The van der Waals surface area contributed by atoms with E-state index >= 15 is 0 Å². The molecule has 0 aromatic heterocycles. The number of nitrogens with zero attached hydrogens (tertiary/aromatic N) is 2. The normalized spacial score (nSPS) is 36.8. The number of likely N-dealkylation sites (tertiary alicyclic amines) is 2. The van der Waals surface area contributed by atoms with E-state index in [4.69, 9.17) is 5.73 Å². The van der Waals surface area contributed by atoms with E-state index in [1.807, 2.05) is 0 Å². The van der Waals surface area contributed by atoms with E-state index in [2.05, 4.69) is 30.7 Å². The summed E-state index contributed by atoms with van der Waals surface area (Å²) in [6.45, 7) is 10.5. The van der Waals surface area contributed by atoms with Crippen LogP contribution < -0.4 is 5.73 Å². The Morgan fingerprint density at radius 2 is 1.62 bits per heavy atom. The van der Waals surface area contributed by atoms with Gasteiger partial charge in [-0.15, -0.1) is 0 Å². The predicted octanol–water partition coefficient (Wildman–Crippen LogP) is 0.997. The molecule has 2 unspecified atom stereocenters. The van der Waals surface area contributed by atoms with Crippen LogP contribution in [0.25, 0.3) is 0 Å². The number of piperidine rings is 1. The van der Waals surface area contributed by atoms with E-state index in [1.165, 1.54) is 39.0 Å². The maximum absolute atomic E-state index is 6.09. The second kappa shape index (κ2) is 4.63. The molecule has 2 saturated heterocycles. The largest absolute Gasteiger partial charge is 0.329 e. The highest BCUT2D eigenvalue weighted by Crippen LogP contribution is 2.34. The van der Waals surface area contributed by atoms with Gasteiger partial charge in [0.25, 0.3) is 0 Å². The van der Waals surface area contributed by atoms with Crippen LogP contribution in [0.15, 0.2) is 0 Å². The third-order valence-electron chi connectivity index (χ3n) is 4.96. The highest BCUT2D eigenvalue weighted by Gasteiger charge is 2.42. The lowest BCUT2D eigenvalue weighted by atomic mass is 9.86. The molecule has 94 valence electrons. The average molecular weight is 225 g/mol. The van der Waals surface area contributed by atoms with Crippen molar-refractivity contribution in [1.82, 2.24) is 9.80 Å². The van der Waals surface area contributed by atoms with Crippen LogP contribution in [0.2, 0.25) is 0 Å². The van der Waals surface area contributed by atoms with Gasteiger partial charge >= 0.3 is 0 Å². The Balaban J connectivity index is 2.04. The molecule has 0 radical (unpaired) electrons. The molecule has 3 nitrogen and oxygen atoms in total. The first kappa shape index (κ1) is 12.3. The maximum atomic E-state index is 6.09. The second-order valence-corrected chi connectivity index (χ2v) is 6.09. The molecular weight excluding hydrogens is 198 g/mol. The van der Waals surface area contributed by atoms with Crippen molar-refractivity contribution in [3.63, 3.8) is 0 Å². The molecule has 2 fully saturated rings. The summed E-state index contributed by atoms with van der Waals surface area (Å²) in [5, 5.41) is 0. The lowest BCUT2D eigenvalue weighted by Crippen LogP contribution is -2.58. The van der Waals surface area contributed by atoms with Crippen LogP contribution in [0.1, 0.15) is 26.7 Å². The Bertz CT molecular complexity index is 223. The SMILES string of the molecule is CC1CN(C2(CN)CCN(C)CC2)CC1C. The van der Waals surface area contributed by atoms with Gasteiger partial charge in [-0.05, 0) is 44.8 Å². The molecule has 0 saturated carbocycles. The number of nitrogens with two attached hydrogens (primary N) is 1. The van der Waals surface area contributed by atoms with Crippen molar-refractivity contribution < 1.29 is 0 Å². The van der Waals surface area contributed by atoms with Crippen LogP contribution in [-0.4, -0.2) is 55.1 Å². The van der Waals surface area contributed by atoms with E-state index in [0.29, 0.717) is 5.54 Å². The molecule has 0 aliphatic carbocycles. The van der Waals surface area contributed by atoms with E-state index in [0.717, 1.165) is 18.4 Å². The van der Waals surface area contributed by atoms with Crippen molar-refractivity contribution in [2.45, 2.75) is 32.2 Å². The van der Waals surface area contributed by atoms with Gasteiger partial charge in [0.15, 0.2) is 0 Å². The monoisotopic (exact) mass is 225 g/mol. The summed E-state index contributed by atoms with van der Waals surface area (Å²) in [6.07, 6.45) is 2.50. The topological polar surface area (TPSA) is 32.5 Å². The number of hydrogen-bond donors (Lipinski definition) is 1. The van der Waals surface area contributed by atoms with Crippen LogP contribution >= 0.6 is 0 Å². The van der Waals surface area contributed by atoms with Gasteiger partial charge in [0.05, 0.1) is 0 Å². The Morgan fingerprint density at radius 1 is 1.12 bits per heavy atom. The summed E-state index contributed by atoms with van der Waals surface area (Å²) in [5.74, 6) is 1.67. The lowest BCUT2D eigenvalue weighted by Gasteiger charge is -2.46. The van der Waals surface area contributed by atoms with Gasteiger partial charge in [-0.25, -0.2) is 0 Å². The van der Waals surface area contributed by atoms with Gasteiger partial charge in [-0.2, -0.15) is 0 Å².